The van der Waals surface area contributed by atoms with Crippen LogP contribution in [-0.4, -0.2) is 45.0 Å². The summed E-state index contributed by atoms with van der Waals surface area (Å²) in [6, 6.07) is 6.92. The number of ether oxygens (including phenoxy) is 2. The number of sulfonamides is 1. The summed E-state index contributed by atoms with van der Waals surface area (Å²) in [5.41, 5.74) is 0.421. The minimum Gasteiger partial charge on any atom is -0.457 e. The van der Waals surface area contributed by atoms with Crippen LogP contribution in [0.5, 0.6) is 0 Å². The topological polar surface area (TPSA) is 72.9 Å². The second kappa shape index (κ2) is 8.64. The van der Waals surface area contributed by atoms with E-state index in [4.69, 9.17) is 9.47 Å². The van der Waals surface area contributed by atoms with Crippen molar-refractivity contribution >= 4 is 31.9 Å². The fourth-order valence-electron chi connectivity index (χ4n) is 2.62. The molecule has 0 atom stereocenters. The number of hydrogen-bond acceptors (Lipinski definition) is 5. The first-order chi connectivity index (χ1) is 13.3. The number of benzene rings is 2. The highest BCUT2D eigenvalue weighted by Crippen LogP contribution is 2.23. The largest absolute Gasteiger partial charge is 0.457 e. The molecule has 1 saturated heterocycles. The molecular formula is C18H16BrF2NO5S. The van der Waals surface area contributed by atoms with Crippen molar-refractivity contribution < 1.29 is 31.5 Å². The molecule has 1 aliphatic heterocycles. The standard InChI is InChI=1S/C18H16BrF2NO5S/c19-15-10-14(20)3-1-13(15)11-27-18(23)12-2-4-16(21)17(9-12)28(24,25)22-5-7-26-8-6-22/h1-4,9-10H,5-8,11H2. The summed E-state index contributed by atoms with van der Waals surface area (Å²) in [4.78, 5) is 11.7. The van der Waals surface area contributed by atoms with E-state index in [1.54, 1.807) is 0 Å². The Bertz CT molecular complexity index is 993. The van der Waals surface area contributed by atoms with Crippen molar-refractivity contribution in [3.8, 4) is 0 Å². The summed E-state index contributed by atoms with van der Waals surface area (Å²) in [6.45, 7) is 0.483. The molecule has 0 aromatic heterocycles. The molecule has 1 fully saturated rings. The van der Waals surface area contributed by atoms with Gasteiger partial charge in [-0.3, -0.25) is 0 Å². The van der Waals surface area contributed by atoms with Gasteiger partial charge in [0, 0.05) is 23.1 Å². The van der Waals surface area contributed by atoms with Crippen molar-refractivity contribution in [2.75, 3.05) is 26.3 Å². The zero-order valence-electron chi connectivity index (χ0n) is 14.5. The molecule has 0 unspecified atom stereocenters. The van der Waals surface area contributed by atoms with E-state index in [0.717, 1.165) is 22.5 Å². The Morgan fingerprint density at radius 1 is 1.14 bits per heavy atom. The first-order valence-corrected chi connectivity index (χ1v) is 10.5. The second-order valence-electron chi connectivity index (χ2n) is 5.97. The molecule has 2 aromatic carbocycles. The second-order valence-corrected chi connectivity index (χ2v) is 8.73. The smallest absolute Gasteiger partial charge is 0.338 e. The zero-order valence-corrected chi connectivity index (χ0v) is 16.9. The van der Waals surface area contributed by atoms with Crippen LogP contribution in [0.2, 0.25) is 0 Å². The normalized spacial score (nSPS) is 15.4. The van der Waals surface area contributed by atoms with Gasteiger partial charge in [0.15, 0.2) is 0 Å². The minimum absolute atomic E-state index is 0.105. The number of rotatable bonds is 5. The van der Waals surface area contributed by atoms with E-state index < -0.39 is 32.5 Å². The Morgan fingerprint density at radius 3 is 2.54 bits per heavy atom. The van der Waals surface area contributed by atoms with Gasteiger partial charge in [0.2, 0.25) is 10.0 Å². The predicted molar refractivity (Wildman–Crippen MR) is 99.2 cm³/mol. The zero-order chi connectivity index (χ0) is 20.3. The number of hydrogen-bond donors (Lipinski definition) is 0. The summed E-state index contributed by atoms with van der Waals surface area (Å²) in [5, 5.41) is 0. The van der Waals surface area contributed by atoms with Crippen molar-refractivity contribution in [1.82, 2.24) is 4.31 Å². The number of nitrogens with zero attached hydrogens (tertiary/aromatic N) is 1. The molecule has 28 heavy (non-hydrogen) atoms. The maximum absolute atomic E-state index is 14.2. The van der Waals surface area contributed by atoms with Crippen molar-refractivity contribution in [2.24, 2.45) is 0 Å². The summed E-state index contributed by atoms with van der Waals surface area (Å²) in [5.74, 6) is -2.22. The first kappa shape index (κ1) is 20.8. The molecule has 2 aromatic rings. The molecule has 1 aliphatic rings. The van der Waals surface area contributed by atoms with Crippen molar-refractivity contribution in [1.29, 1.82) is 0 Å². The molecule has 1 heterocycles. The van der Waals surface area contributed by atoms with Gasteiger partial charge in [-0.2, -0.15) is 4.31 Å². The van der Waals surface area contributed by atoms with E-state index in [9.17, 15) is 22.0 Å². The summed E-state index contributed by atoms with van der Waals surface area (Å²) < 4.78 is 64.5. The number of halogens is 3. The average Bonchev–Trinajstić information content (AvgIpc) is 2.68. The van der Waals surface area contributed by atoms with Gasteiger partial charge in [0.1, 0.15) is 23.1 Å². The van der Waals surface area contributed by atoms with Crippen LogP contribution in [0, 0.1) is 11.6 Å². The molecule has 0 spiro atoms. The van der Waals surface area contributed by atoms with Crippen LogP contribution in [0.1, 0.15) is 15.9 Å². The Morgan fingerprint density at radius 2 is 1.86 bits per heavy atom. The quantitative estimate of drug-likeness (QED) is 0.621. The monoisotopic (exact) mass is 475 g/mol. The lowest BCUT2D eigenvalue weighted by molar-refractivity contribution is 0.0471. The maximum Gasteiger partial charge on any atom is 0.338 e. The van der Waals surface area contributed by atoms with Crippen molar-refractivity contribution in [2.45, 2.75) is 11.5 Å². The summed E-state index contributed by atoms with van der Waals surface area (Å²) in [6.07, 6.45) is 0. The Kier molecular flexibility index (Phi) is 6.43. The number of esters is 1. The van der Waals surface area contributed by atoms with Gasteiger partial charge in [-0.15, -0.1) is 0 Å². The highest BCUT2D eigenvalue weighted by Gasteiger charge is 2.30. The highest BCUT2D eigenvalue weighted by atomic mass is 79.9. The molecule has 10 heteroatoms. The van der Waals surface area contributed by atoms with Gasteiger partial charge >= 0.3 is 5.97 Å². The van der Waals surface area contributed by atoms with E-state index in [1.165, 1.54) is 18.2 Å². The fraction of sp³-hybridized carbons (Fsp3) is 0.278. The highest BCUT2D eigenvalue weighted by molar-refractivity contribution is 9.10. The van der Waals surface area contributed by atoms with Gasteiger partial charge in [0.05, 0.1) is 18.8 Å². The Labute approximate surface area is 169 Å². The van der Waals surface area contributed by atoms with E-state index in [1.807, 2.05) is 0 Å². The fourth-order valence-corrected chi connectivity index (χ4v) is 4.58. The molecule has 3 rings (SSSR count). The number of morpholine rings is 1. The predicted octanol–water partition coefficient (Wildman–Crippen LogP) is 3.11. The maximum atomic E-state index is 14.2. The van der Waals surface area contributed by atoms with Gasteiger partial charge in [-0.1, -0.05) is 22.0 Å². The van der Waals surface area contributed by atoms with E-state index >= 15 is 0 Å². The van der Waals surface area contributed by atoms with E-state index in [0.29, 0.717) is 10.0 Å². The van der Waals surface area contributed by atoms with Gasteiger partial charge in [-0.25, -0.2) is 22.0 Å². The van der Waals surface area contributed by atoms with Gasteiger partial charge < -0.3 is 9.47 Å². The lowest BCUT2D eigenvalue weighted by Crippen LogP contribution is -2.41. The summed E-state index contributed by atoms with van der Waals surface area (Å²) >= 11 is 3.17. The Hall–Kier alpha value is -1.88. The molecule has 0 N–H and O–H groups in total. The van der Waals surface area contributed by atoms with E-state index in [-0.39, 0.29) is 38.5 Å². The van der Waals surface area contributed by atoms with Crippen LogP contribution in [-0.2, 0) is 26.1 Å². The van der Waals surface area contributed by atoms with Crippen LogP contribution < -0.4 is 0 Å². The third kappa shape index (κ3) is 4.57. The Balaban J connectivity index is 1.79. The van der Waals surface area contributed by atoms with Crippen LogP contribution in [0.15, 0.2) is 45.8 Å². The molecule has 6 nitrogen and oxygen atoms in total. The van der Waals surface area contributed by atoms with E-state index in [2.05, 4.69) is 15.9 Å². The number of carbonyl (C=O) groups is 1. The molecule has 0 bridgehead atoms. The lowest BCUT2D eigenvalue weighted by atomic mass is 10.2. The van der Waals surface area contributed by atoms with Crippen LogP contribution >= 0.6 is 15.9 Å². The SMILES string of the molecule is O=C(OCc1ccc(F)cc1Br)c1ccc(F)c(S(=O)(=O)N2CCOCC2)c1. The molecule has 0 radical (unpaired) electrons. The molecule has 150 valence electrons. The lowest BCUT2D eigenvalue weighted by Gasteiger charge is -2.26. The molecule has 0 amide bonds. The van der Waals surface area contributed by atoms with Crippen molar-refractivity contribution in [3.05, 3.63) is 63.6 Å². The van der Waals surface area contributed by atoms with Crippen LogP contribution in [0.3, 0.4) is 0 Å². The first-order valence-electron chi connectivity index (χ1n) is 8.27. The molecule has 0 saturated carbocycles. The van der Waals surface area contributed by atoms with Crippen LogP contribution in [0.4, 0.5) is 8.78 Å². The summed E-state index contributed by atoms with van der Waals surface area (Å²) in [7, 11) is -4.11. The van der Waals surface area contributed by atoms with Gasteiger partial charge in [0.25, 0.3) is 0 Å². The van der Waals surface area contributed by atoms with Crippen molar-refractivity contribution in [3.63, 3.8) is 0 Å². The minimum atomic E-state index is -4.11. The number of carbonyl (C=O) groups excluding carboxylic acids is 1. The van der Waals surface area contributed by atoms with Crippen LogP contribution in [0.25, 0.3) is 0 Å². The molecule has 0 aliphatic carbocycles. The molecular weight excluding hydrogens is 460 g/mol. The average molecular weight is 476 g/mol. The van der Waals surface area contributed by atoms with Gasteiger partial charge in [-0.05, 0) is 30.3 Å². The third-order valence-electron chi connectivity index (χ3n) is 4.13. The third-order valence-corrected chi connectivity index (χ3v) is 6.78.